The SMILES string of the molecule is CCc1cccc(CC)c1NC(=O)CCSc1cc(C)c2cccc(OC)c2n1. The second kappa shape index (κ2) is 9.79. The molecule has 3 rings (SSSR count). The molecule has 4 nitrogen and oxygen atoms in total. The Morgan fingerprint density at radius 1 is 1.10 bits per heavy atom. The van der Waals surface area contributed by atoms with Crippen molar-refractivity contribution >= 4 is 34.3 Å². The summed E-state index contributed by atoms with van der Waals surface area (Å²) in [6.45, 7) is 6.30. The molecule has 0 unspecified atom stereocenters. The number of methoxy groups -OCH3 is 1. The van der Waals surface area contributed by atoms with Crippen molar-refractivity contribution < 1.29 is 9.53 Å². The lowest BCUT2D eigenvalue weighted by atomic mass is 10.0. The normalized spacial score (nSPS) is 10.9. The molecule has 1 heterocycles. The quantitative estimate of drug-likeness (QED) is 0.479. The Labute approximate surface area is 177 Å². The summed E-state index contributed by atoms with van der Waals surface area (Å²) in [7, 11) is 1.66. The van der Waals surface area contributed by atoms with Crippen molar-refractivity contribution in [1.29, 1.82) is 0 Å². The number of carbonyl (C=O) groups excluding carboxylic acids is 1. The number of hydrogen-bond donors (Lipinski definition) is 1. The smallest absolute Gasteiger partial charge is 0.225 e. The topological polar surface area (TPSA) is 51.2 Å². The number of hydrogen-bond acceptors (Lipinski definition) is 4. The summed E-state index contributed by atoms with van der Waals surface area (Å²) in [5.41, 5.74) is 5.38. The fourth-order valence-electron chi connectivity index (χ4n) is 3.45. The number of amides is 1. The van der Waals surface area contributed by atoms with Gasteiger partial charge in [0.25, 0.3) is 0 Å². The van der Waals surface area contributed by atoms with Crippen molar-refractivity contribution in [2.24, 2.45) is 0 Å². The Hall–Kier alpha value is -2.53. The minimum atomic E-state index is 0.0446. The second-order valence-corrected chi connectivity index (χ2v) is 8.05. The number of nitrogens with one attached hydrogen (secondary N) is 1. The highest BCUT2D eigenvalue weighted by Crippen LogP contribution is 2.30. The number of para-hydroxylation sites is 2. The molecule has 1 amide bonds. The summed E-state index contributed by atoms with van der Waals surface area (Å²) in [5, 5.41) is 5.14. The average molecular weight is 409 g/mol. The van der Waals surface area contributed by atoms with E-state index in [9.17, 15) is 4.79 Å². The summed E-state index contributed by atoms with van der Waals surface area (Å²) in [5.74, 6) is 1.49. The van der Waals surface area contributed by atoms with Gasteiger partial charge in [-0.15, -0.1) is 11.8 Å². The van der Waals surface area contributed by atoms with Crippen molar-refractivity contribution in [3.05, 3.63) is 59.2 Å². The van der Waals surface area contributed by atoms with Crippen molar-refractivity contribution in [2.75, 3.05) is 18.2 Å². The summed E-state index contributed by atoms with van der Waals surface area (Å²) >= 11 is 1.60. The standard InChI is InChI=1S/C24H28N2O2S/c1-5-17-9-7-10-18(6-2)23(17)25-21(27)13-14-29-22-15-16(3)19-11-8-12-20(28-4)24(19)26-22/h7-12,15H,5-6,13-14H2,1-4H3,(H,25,27). The molecule has 0 aliphatic carbocycles. The van der Waals surface area contributed by atoms with Gasteiger partial charge in [-0.3, -0.25) is 4.79 Å². The molecule has 2 aromatic carbocycles. The molecule has 0 aliphatic rings. The van der Waals surface area contributed by atoms with E-state index < -0.39 is 0 Å². The van der Waals surface area contributed by atoms with Gasteiger partial charge >= 0.3 is 0 Å². The summed E-state index contributed by atoms with van der Waals surface area (Å²) < 4.78 is 5.45. The molecular weight excluding hydrogens is 380 g/mol. The Morgan fingerprint density at radius 3 is 2.45 bits per heavy atom. The summed E-state index contributed by atoms with van der Waals surface area (Å²) in [4.78, 5) is 17.3. The molecule has 152 valence electrons. The lowest BCUT2D eigenvalue weighted by molar-refractivity contribution is -0.115. The zero-order valence-electron chi connectivity index (χ0n) is 17.5. The van der Waals surface area contributed by atoms with Crippen LogP contribution in [0.2, 0.25) is 0 Å². The molecule has 1 aromatic heterocycles. The van der Waals surface area contributed by atoms with Gasteiger partial charge in [-0.25, -0.2) is 4.98 Å². The fraction of sp³-hybridized carbons (Fsp3) is 0.333. The first-order valence-electron chi connectivity index (χ1n) is 10.0. The molecule has 0 atom stereocenters. The highest BCUT2D eigenvalue weighted by molar-refractivity contribution is 7.99. The first-order chi connectivity index (χ1) is 14.1. The first kappa shape index (κ1) is 21.2. The molecule has 0 bridgehead atoms. The zero-order chi connectivity index (χ0) is 20.8. The molecular formula is C24H28N2O2S. The number of aryl methyl sites for hydroxylation is 3. The van der Waals surface area contributed by atoms with Crippen molar-refractivity contribution in [1.82, 2.24) is 4.98 Å². The van der Waals surface area contributed by atoms with Crippen LogP contribution in [0, 0.1) is 6.92 Å². The summed E-state index contributed by atoms with van der Waals surface area (Å²) in [6.07, 6.45) is 2.25. The number of thioether (sulfide) groups is 1. The molecule has 0 aliphatic heterocycles. The maximum Gasteiger partial charge on any atom is 0.225 e. The van der Waals surface area contributed by atoms with E-state index in [4.69, 9.17) is 9.72 Å². The zero-order valence-corrected chi connectivity index (χ0v) is 18.4. The van der Waals surface area contributed by atoms with Gasteiger partial charge in [-0.05, 0) is 48.6 Å². The fourth-order valence-corrected chi connectivity index (χ4v) is 4.37. The second-order valence-electron chi connectivity index (χ2n) is 6.94. The monoisotopic (exact) mass is 408 g/mol. The van der Waals surface area contributed by atoms with Crippen LogP contribution in [-0.2, 0) is 17.6 Å². The maximum absolute atomic E-state index is 12.6. The van der Waals surface area contributed by atoms with Crippen molar-refractivity contribution in [2.45, 2.75) is 45.1 Å². The van der Waals surface area contributed by atoms with E-state index >= 15 is 0 Å². The predicted octanol–water partition coefficient (Wildman–Crippen LogP) is 5.80. The number of anilines is 1. The maximum atomic E-state index is 12.6. The van der Waals surface area contributed by atoms with Gasteiger partial charge in [-0.1, -0.05) is 44.2 Å². The highest BCUT2D eigenvalue weighted by Gasteiger charge is 2.12. The first-order valence-corrected chi connectivity index (χ1v) is 11.0. The number of rotatable bonds is 8. The third-order valence-corrected chi connectivity index (χ3v) is 5.96. The number of nitrogens with zero attached hydrogens (tertiary/aromatic N) is 1. The van der Waals surface area contributed by atoms with Crippen LogP contribution in [0.5, 0.6) is 5.75 Å². The Bertz CT molecular complexity index is 995. The van der Waals surface area contributed by atoms with E-state index in [0.717, 1.165) is 45.8 Å². The van der Waals surface area contributed by atoms with Gasteiger partial charge in [0.2, 0.25) is 5.91 Å². The van der Waals surface area contributed by atoms with Crippen LogP contribution in [0.25, 0.3) is 10.9 Å². The molecule has 0 fully saturated rings. The van der Waals surface area contributed by atoms with Gasteiger partial charge < -0.3 is 10.1 Å². The largest absolute Gasteiger partial charge is 0.494 e. The van der Waals surface area contributed by atoms with Crippen LogP contribution in [0.15, 0.2) is 47.5 Å². The molecule has 0 saturated heterocycles. The number of pyridine rings is 1. The molecule has 0 spiro atoms. The lowest BCUT2D eigenvalue weighted by Crippen LogP contribution is -2.15. The van der Waals surface area contributed by atoms with Gasteiger partial charge in [0.15, 0.2) is 0 Å². The van der Waals surface area contributed by atoms with Crippen LogP contribution in [0.3, 0.4) is 0 Å². The Kier molecular flexibility index (Phi) is 7.15. The van der Waals surface area contributed by atoms with Crippen molar-refractivity contribution in [3.8, 4) is 5.75 Å². The van der Waals surface area contributed by atoms with Gasteiger partial charge in [0.05, 0.1) is 12.1 Å². The van der Waals surface area contributed by atoms with E-state index in [2.05, 4.69) is 56.4 Å². The predicted molar refractivity (Wildman–Crippen MR) is 122 cm³/mol. The minimum absolute atomic E-state index is 0.0446. The molecule has 29 heavy (non-hydrogen) atoms. The third-order valence-electron chi connectivity index (χ3n) is 5.05. The molecule has 1 N–H and O–H groups in total. The number of carbonyl (C=O) groups is 1. The van der Waals surface area contributed by atoms with E-state index in [1.54, 1.807) is 18.9 Å². The Balaban J connectivity index is 1.67. The van der Waals surface area contributed by atoms with Crippen LogP contribution in [-0.4, -0.2) is 23.8 Å². The lowest BCUT2D eigenvalue weighted by Gasteiger charge is -2.14. The average Bonchev–Trinajstić information content (AvgIpc) is 2.73. The van der Waals surface area contributed by atoms with Gasteiger partial charge in [-0.2, -0.15) is 0 Å². The third kappa shape index (κ3) is 4.91. The number of fused-ring (bicyclic) bond motifs is 1. The molecule has 0 saturated carbocycles. The van der Waals surface area contributed by atoms with E-state index in [0.29, 0.717) is 12.2 Å². The van der Waals surface area contributed by atoms with E-state index in [1.165, 1.54) is 11.1 Å². The molecule has 3 aromatic rings. The van der Waals surface area contributed by atoms with Crippen LogP contribution >= 0.6 is 11.8 Å². The number of ether oxygens (including phenoxy) is 1. The summed E-state index contributed by atoms with van der Waals surface area (Å²) in [6, 6.07) is 14.3. The number of aromatic nitrogens is 1. The van der Waals surface area contributed by atoms with Crippen LogP contribution in [0.1, 0.15) is 37.0 Å². The van der Waals surface area contributed by atoms with Gasteiger partial charge in [0, 0.05) is 23.2 Å². The van der Waals surface area contributed by atoms with Crippen LogP contribution < -0.4 is 10.1 Å². The number of benzene rings is 2. The van der Waals surface area contributed by atoms with E-state index in [-0.39, 0.29) is 5.91 Å². The minimum Gasteiger partial charge on any atom is -0.494 e. The highest BCUT2D eigenvalue weighted by atomic mass is 32.2. The van der Waals surface area contributed by atoms with Crippen molar-refractivity contribution in [3.63, 3.8) is 0 Å². The van der Waals surface area contributed by atoms with Gasteiger partial charge in [0.1, 0.15) is 11.3 Å². The van der Waals surface area contributed by atoms with Crippen LogP contribution in [0.4, 0.5) is 5.69 Å². The molecule has 0 radical (unpaired) electrons. The Morgan fingerprint density at radius 2 is 1.79 bits per heavy atom. The van der Waals surface area contributed by atoms with E-state index in [1.807, 2.05) is 12.1 Å². The molecule has 5 heteroatoms.